The van der Waals surface area contributed by atoms with Crippen molar-refractivity contribution >= 4 is 50.6 Å². The second-order valence-electron chi connectivity index (χ2n) is 3.25. The molecule has 0 bridgehead atoms. The summed E-state index contributed by atoms with van der Waals surface area (Å²) in [6, 6.07) is 7.05. The van der Waals surface area contributed by atoms with Crippen LogP contribution in [0.15, 0.2) is 28.9 Å². The van der Waals surface area contributed by atoms with Gasteiger partial charge in [0.2, 0.25) is 0 Å². The Morgan fingerprint density at radius 2 is 2.00 bits per heavy atom. The van der Waals surface area contributed by atoms with Gasteiger partial charge in [0.1, 0.15) is 6.07 Å². The number of hydrogen-bond donors (Lipinski definition) is 1. The number of nitrogens with one attached hydrogen (secondary N) is 1. The van der Waals surface area contributed by atoms with E-state index >= 15 is 0 Å². The molecule has 7 heteroatoms. The van der Waals surface area contributed by atoms with Gasteiger partial charge in [-0.05, 0) is 34.1 Å². The first-order valence-electron chi connectivity index (χ1n) is 4.76. The van der Waals surface area contributed by atoms with Gasteiger partial charge in [0.25, 0.3) is 0 Å². The van der Waals surface area contributed by atoms with E-state index in [1.54, 1.807) is 18.2 Å². The van der Waals surface area contributed by atoms with Crippen LogP contribution in [0, 0.1) is 11.3 Å². The van der Waals surface area contributed by atoms with Crippen LogP contribution >= 0.6 is 39.1 Å². The van der Waals surface area contributed by atoms with Gasteiger partial charge in [-0.2, -0.15) is 10.4 Å². The number of aromatic nitrogens is 2. The van der Waals surface area contributed by atoms with E-state index in [-0.39, 0.29) is 0 Å². The van der Waals surface area contributed by atoms with E-state index in [9.17, 15) is 0 Å². The van der Waals surface area contributed by atoms with Crippen LogP contribution in [-0.4, -0.2) is 10.2 Å². The number of rotatable bonds is 2. The summed E-state index contributed by atoms with van der Waals surface area (Å²) in [5.74, 6) is 0.334. The van der Waals surface area contributed by atoms with Gasteiger partial charge in [-0.3, -0.25) is 0 Å². The highest BCUT2D eigenvalue weighted by molar-refractivity contribution is 9.10. The molecular formula is C11H5BrCl2N4. The summed E-state index contributed by atoms with van der Waals surface area (Å²) >= 11 is 15.4. The zero-order valence-corrected chi connectivity index (χ0v) is 11.9. The van der Waals surface area contributed by atoms with Crippen molar-refractivity contribution in [3.8, 4) is 6.07 Å². The largest absolute Gasteiger partial charge is 0.336 e. The van der Waals surface area contributed by atoms with Crippen molar-refractivity contribution < 1.29 is 0 Å². The highest BCUT2D eigenvalue weighted by Crippen LogP contribution is 2.37. The molecule has 0 unspecified atom stereocenters. The summed E-state index contributed by atoms with van der Waals surface area (Å²) in [6.45, 7) is 0. The lowest BCUT2D eigenvalue weighted by Gasteiger charge is -2.09. The monoisotopic (exact) mass is 342 g/mol. The van der Waals surface area contributed by atoms with Gasteiger partial charge in [-0.15, -0.1) is 5.10 Å². The van der Waals surface area contributed by atoms with Gasteiger partial charge in [0.05, 0.1) is 27.5 Å². The second kappa shape index (κ2) is 5.53. The zero-order valence-electron chi connectivity index (χ0n) is 8.78. The Morgan fingerprint density at radius 1 is 1.22 bits per heavy atom. The fourth-order valence-electron chi connectivity index (χ4n) is 1.26. The molecule has 2 aromatic rings. The van der Waals surface area contributed by atoms with E-state index in [0.29, 0.717) is 31.6 Å². The highest BCUT2D eigenvalue weighted by atomic mass is 79.9. The lowest BCUT2D eigenvalue weighted by atomic mass is 10.2. The standard InChI is InChI=1S/C11H5BrCl2N4/c12-7-1-2-8(10(14)9(7)13)17-11-6(5-15)3-4-16-18-11/h1-4H,(H,17,18). The molecule has 90 valence electrons. The summed E-state index contributed by atoms with van der Waals surface area (Å²) in [4.78, 5) is 0. The molecule has 1 N–H and O–H groups in total. The summed E-state index contributed by atoms with van der Waals surface area (Å²) in [5, 5.41) is 20.2. The van der Waals surface area contributed by atoms with Gasteiger partial charge in [0.15, 0.2) is 5.82 Å². The third-order valence-corrected chi connectivity index (χ3v) is 3.90. The SMILES string of the molecule is N#Cc1ccnnc1Nc1ccc(Br)c(Cl)c1Cl. The molecule has 0 aliphatic heterocycles. The molecule has 1 aromatic carbocycles. The molecule has 0 amide bonds. The molecule has 0 fully saturated rings. The highest BCUT2D eigenvalue weighted by Gasteiger charge is 2.11. The first-order chi connectivity index (χ1) is 8.63. The molecule has 1 heterocycles. The molecule has 0 saturated carbocycles. The molecule has 0 spiro atoms. The van der Waals surface area contributed by atoms with Crippen molar-refractivity contribution in [2.45, 2.75) is 0 Å². The Balaban J connectivity index is 2.41. The summed E-state index contributed by atoms with van der Waals surface area (Å²) in [5.41, 5.74) is 0.932. The zero-order chi connectivity index (χ0) is 13.1. The van der Waals surface area contributed by atoms with E-state index in [1.807, 2.05) is 6.07 Å². The quantitative estimate of drug-likeness (QED) is 0.831. The maximum absolute atomic E-state index is 8.94. The molecule has 0 aliphatic carbocycles. The number of nitrogens with zero attached hydrogens (tertiary/aromatic N) is 3. The molecule has 0 atom stereocenters. The Morgan fingerprint density at radius 3 is 2.72 bits per heavy atom. The van der Waals surface area contributed by atoms with Crippen LogP contribution in [-0.2, 0) is 0 Å². The molecule has 0 radical (unpaired) electrons. The minimum atomic E-state index is 0.334. The molecule has 1 aromatic heterocycles. The van der Waals surface area contributed by atoms with Crippen molar-refractivity contribution in [1.82, 2.24) is 10.2 Å². The van der Waals surface area contributed by atoms with Gasteiger partial charge in [-0.25, -0.2) is 0 Å². The predicted octanol–water partition coefficient (Wildman–Crippen LogP) is 4.16. The minimum absolute atomic E-state index is 0.334. The maximum Gasteiger partial charge on any atom is 0.171 e. The van der Waals surface area contributed by atoms with E-state index in [2.05, 4.69) is 31.4 Å². The first kappa shape index (κ1) is 13.1. The third-order valence-electron chi connectivity index (χ3n) is 2.13. The van der Waals surface area contributed by atoms with Crippen LogP contribution in [0.4, 0.5) is 11.5 Å². The number of anilines is 2. The third kappa shape index (κ3) is 2.56. The lowest BCUT2D eigenvalue weighted by molar-refractivity contribution is 1.03. The van der Waals surface area contributed by atoms with Gasteiger partial charge >= 0.3 is 0 Å². The van der Waals surface area contributed by atoms with Crippen LogP contribution in [0.2, 0.25) is 10.0 Å². The van der Waals surface area contributed by atoms with Crippen LogP contribution < -0.4 is 5.32 Å². The van der Waals surface area contributed by atoms with Crippen LogP contribution in [0.5, 0.6) is 0 Å². The summed E-state index contributed by atoms with van der Waals surface area (Å²) in [7, 11) is 0. The van der Waals surface area contributed by atoms with Crippen LogP contribution in [0.1, 0.15) is 5.56 Å². The smallest absolute Gasteiger partial charge is 0.171 e. The van der Waals surface area contributed by atoms with Gasteiger partial charge < -0.3 is 5.32 Å². The minimum Gasteiger partial charge on any atom is -0.336 e. The van der Waals surface area contributed by atoms with E-state index in [1.165, 1.54) is 6.20 Å². The molecular weight excluding hydrogens is 339 g/mol. The van der Waals surface area contributed by atoms with Crippen LogP contribution in [0.25, 0.3) is 0 Å². The average molecular weight is 344 g/mol. The van der Waals surface area contributed by atoms with Crippen molar-refractivity contribution in [1.29, 1.82) is 5.26 Å². The van der Waals surface area contributed by atoms with E-state index < -0.39 is 0 Å². The Kier molecular flexibility index (Phi) is 4.02. The van der Waals surface area contributed by atoms with E-state index in [4.69, 9.17) is 28.5 Å². The molecule has 0 aliphatic rings. The topological polar surface area (TPSA) is 61.6 Å². The predicted molar refractivity (Wildman–Crippen MR) is 74.2 cm³/mol. The molecule has 18 heavy (non-hydrogen) atoms. The number of hydrogen-bond acceptors (Lipinski definition) is 4. The van der Waals surface area contributed by atoms with Gasteiger partial charge in [-0.1, -0.05) is 23.2 Å². The van der Waals surface area contributed by atoms with Crippen molar-refractivity contribution in [3.05, 3.63) is 44.5 Å². The lowest BCUT2D eigenvalue weighted by Crippen LogP contribution is -1.99. The fourth-order valence-corrected chi connectivity index (χ4v) is 2.09. The summed E-state index contributed by atoms with van der Waals surface area (Å²) < 4.78 is 0.694. The number of halogens is 3. The summed E-state index contributed by atoms with van der Waals surface area (Å²) in [6.07, 6.45) is 1.44. The molecule has 4 nitrogen and oxygen atoms in total. The maximum atomic E-state index is 8.94. The fraction of sp³-hybridized carbons (Fsp3) is 0. The Hall–Kier alpha value is -1.35. The van der Waals surface area contributed by atoms with Crippen molar-refractivity contribution in [2.75, 3.05) is 5.32 Å². The molecule has 2 rings (SSSR count). The van der Waals surface area contributed by atoms with Gasteiger partial charge in [0, 0.05) is 4.47 Å². The van der Waals surface area contributed by atoms with Crippen molar-refractivity contribution in [3.63, 3.8) is 0 Å². The Labute approximate surface area is 122 Å². The second-order valence-corrected chi connectivity index (χ2v) is 4.86. The normalized spacial score (nSPS) is 9.89. The average Bonchev–Trinajstić information content (AvgIpc) is 2.40. The molecule has 0 saturated heterocycles. The number of nitriles is 1. The first-order valence-corrected chi connectivity index (χ1v) is 6.30. The van der Waals surface area contributed by atoms with Crippen molar-refractivity contribution in [2.24, 2.45) is 0 Å². The van der Waals surface area contributed by atoms with Crippen LogP contribution in [0.3, 0.4) is 0 Å². The number of benzene rings is 1. The Bertz CT molecular complexity index is 639. The van der Waals surface area contributed by atoms with E-state index in [0.717, 1.165) is 0 Å².